The Labute approximate surface area is 182 Å². The van der Waals surface area contributed by atoms with E-state index in [4.69, 9.17) is 20.9 Å². The summed E-state index contributed by atoms with van der Waals surface area (Å²) in [6.45, 7) is 2.53. The van der Waals surface area contributed by atoms with Crippen molar-refractivity contribution in [3.8, 4) is 11.5 Å². The Balaban J connectivity index is 1.63. The maximum atomic E-state index is 13.9. The maximum Gasteiger partial charge on any atom is 0.280 e. The van der Waals surface area contributed by atoms with Crippen LogP contribution in [0, 0.1) is 0 Å². The molecule has 0 amide bonds. The van der Waals surface area contributed by atoms with Gasteiger partial charge in [0, 0.05) is 12.5 Å². The first-order chi connectivity index (χ1) is 15.1. The highest BCUT2D eigenvalue weighted by atomic mass is 35.5. The van der Waals surface area contributed by atoms with Crippen molar-refractivity contribution in [2.24, 2.45) is 0 Å². The van der Waals surface area contributed by atoms with E-state index < -0.39 is 5.72 Å². The van der Waals surface area contributed by atoms with Crippen LogP contribution in [-0.2, 0) is 10.5 Å². The van der Waals surface area contributed by atoms with Gasteiger partial charge in [-0.25, -0.2) is 4.98 Å². The summed E-state index contributed by atoms with van der Waals surface area (Å²) in [5, 5.41) is 4.66. The molecule has 1 aromatic carbocycles. The molecular weight excluding hydrogens is 418 g/mol. The van der Waals surface area contributed by atoms with Crippen LogP contribution in [0.2, 0.25) is 5.02 Å². The van der Waals surface area contributed by atoms with Gasteiger partial charge in [-0.3, -0.25) is 13.8 Å². The van der Waals surface area contributed by atoms with Crippen LogP contribution in [0.25, 0.3) is 28.1 Å². The molecule has 4 heterocycles. The third kappa shape index (κ3) is 2.78. The van der Waals surface area contributed by atoms with Gasteiger partial charge in [0.05, 0.1) is 16.1 Å². The lowest BCUT2D eigenvalue weighted by Crippen LogP contribution is -2.39. The summed E-state index contributed by atoms with van der Waals surface area (Å²) in [5.74, 6) is 1.26. The van der Waals surface area contributed by atoms with Crippen LogP contribution in [0.4, 0.5) is 0 Å². The third-order valence-corrected chi connectivity index (χ3v) is 6.96. The van der Waals surface area contributed by atoms with Crippen molar-refractivity contribution in [1.82, 2.24) is 24.1 Å². The van der Waals surface area contributed by atoms with E-state index in [1.54, 1.807) is 21.4 Å². The van der Waals surface area contributed by atoms with Gasteiger partial charge >= 0.3 is 0 Å². The van der Waals surface area contributed by atoms with Crippen molar-refractivity contribution in [3.05, 3.63) is 45.8 Å². The van der Waals surface area contributed by atoms with Crippen molar-refractivity contribution in [2.75, 3.05) is 6.61 Å². The van der Waals surface area contributed by atoms with Crippen LogP contribution in [-0.4, -0.2) is 30.7 Å². The molecule has 1 saturated carbocycles. The SMILES string of the molecule is CC1(n2c(=O)c3c(-c4noc(C5CCCC5)n4)ncn3c3cccc(Cl)c32)CCCO1. The van der Waals surface area contributed by atoms with Gasteiger partial charge in [-0.1, -0.05) is 35.7 Å². The average molecular weight is 440 g/mol. The number of ether oxygens (including phenoxy) is 1. The first-order valence-corrected chi connectivity index (χ1v) is 11.1. The number of para-hydroxylation sites is 1. The lowest BCUT2D eigenvalue weighted by molar-refractivity contribution is -0.0447. The second-order valence-electron chi connectivity index (χ2n) is 8.62. The number of imidazole rings is 1. The highest BCUT2D eigenvalue weighted by molar-refractivity contribution is 6.35. The number of fused-ring (bicyclic) bond motifs is 3. The standard InChI is InChI=1S/C22H22ClN5O3/c1-22(10-5-11-30-22)28-17-14(23)8-4-9-15(17)27-12-24-16(18(27)21(28)29)19-25-20(31-26-19)13-6-2-3-7-13/h4,8-9,12-13H,2-3,5-7,10-11H2,1H3. The molecule has 2 fully saturated rings. The minimum atomic E-state index is -0.782. The Hall–Kier alpha value is -2.71. The molecule has 1 unspecified atom stereocenters. The van der Waals surface area contributed by atoms with Crippen molar-refractivity contribution < 1.29 is 9.26 Å². The predicted molar refractivity (Wildman–Crippen MR) is 115 cm³/mol. The monoisotopic (exact) mass is 439 g/mol. The summed E-state index contributed by atoms with van der Waals surface area (Å²) in [4.78, 5) is 23.0. The lowest BCUT2D eigenvalue weighted by atomic mass is 10.1. The highest BCUT2D eigenvalue weighted by Gasteiger charge is 2.36. The van der Waals surface area contributed by atoms with Crippen LogP contribution in [0.5, 0.6) is 0 Å². The van der Waals surface area contributed by atoms with Crippen molar-refractivity contribution in [2.45, 2.75) is 57.1 Å². The second-order valence-corrected chi connectivity index (χ2v) is 9.03. The van der Waals surface area contributed by atoms with Gasteiger partial charge < -0.3 is 9.26 Å². The summed E-state index contributed by atoms with van der Waals surface area (Å²) in [7, 11) is 0. The fraction of sp³-hybridized carbons (Fsp3) is 0.455. The smallest absolute Gasteiger partial charge is 0.280 e. The molecule has 3 aromatic heterocycles. The van der Waals surface area contributed by atoms with Gasteiger partial charge in [-0.2, -0.15) is 4.98 Å². The zero-order valence-electron chi connectivity index (χ0n) is 17.2. The van der Waals surface area contributed by atoms with E-state index in [1.807, 2.05) is 19.1 Å². The minimum absolute atomic E-state index is 0.232. The number of benzene rings is 1. The van der Waals surface area contributed by atoms with Gasteiger partial charge in [0.2, 0.25) is 11.7 Å². The predicted octanol–water partition coefficient (Wildman–Crippen LogP) is 4.49. The fourth-order valence-corrected chi connectivity index (χ4v) is 5.34. The lowest BCUT2D eigenvalue weighted by Gasteiger charge is -2.28. The molecule has 1 atom stereocenters. The molecule has 31 heavy (non-hydrogen) atoms. The number of nitrogens with zero attached hydrogens (tertiary/aromatic N) is 5. The molecule has 160 valence electrons. The Morgan fingerprint density at radius 3 is 2.81 bits per heavy atom. The molecular formula is C22H22ClN5O3. The van der Waals surface area contributed by atoms with Crippen LogP contribution in [0.15, 0.2) is 33.8 Å². The van der Waals surface area contributed by atoms with Crippen molar-refractivity contribution >= 4 is 28.2 Å². The fourth-order valence-electron chi connectivity index (χ4n) is 5.09. The van der Waals surface area contributed by atoms with Crippen molar-refractivity contribution in [3.63, 3.8) is 0 Å². The molecule has 0 bridgehead atoms. The van der Waals surface area contributed by atoms with E-state index in [2.05, 4.69) is 15.1 Å². The topological polar surface area (TPSA) is 87.5 Å². The molecule has 8 nitrogen and oxygen atoms in total. The van der Waals surface area contributed by atoms with Crippen LogP contribution < -0.4 is 5.56 Å². The molecule has 2 aliphatic rings. The zero-order valence-corrected chi connectivity index (χ0v) is 17.9. The molecule has 0 N–H and O–H groups in total. The summed E-state index contributed by atoms with van der Waals surface area (Å²) in [6.07, 6.45) is 7.67. The number of hydrogen-bond donors (Lipinski definition) is 0. The first kappa shape index (κ1) is 19.0. The Morgan fingerprint density at radius 2 is 2.03 bits per heavy atom. The van der Waals surface area contributed by atoms with Crippen LogP contribution in [0.1, 0.15) is 57.3 Å². The third-order valence-electron chi connectivity index (χ3n) is 6.65. The average Bonchev–Trinajstić information content (AvgIpc) is 3.54. The normalized spacial score (nSPS) is 22.3. The molecule has 9 heteroatoms. The van der Waals surface area contributed by atoms with Gasteiger partial charge in [0.25, 0.3) is 5.56 Å². The maximum absolute atomic E-state index is 13.9. The molecule has 4 aromatic rings. The highest BCUT2D eigenvalue weighted by Crippen LogP contribution is 2.36. The number of rotatable bonds is 3. The second kappa shape index (κ2) is 6.90. The summed E-state index contributed by atoms with van der Waals surface area (Å²) in [5.41, 5.74) is 1.20. The van der Waals surface area contributed by atoms with Crippen LogP contribution in [0.3, 0.4) is 0 Å². The summed E-state index contributed by atoms with van der Waals surface area (Å²) < 4.78 is 15.0. The molecule has 0 radical (unpaired) electrons. The van der Waals surface area contributed by atoms with Gasteiger partial charge in [-0.05, 0) is 44.7 Å². The van der Waals surface area contributed by atoms with E-state index in [0.717, 1.165) is 31.2 Å². The molecule has 1 saturated heterocycles. The van der Waals surface area contributed by atoms with E-state index in [0.29, 0.717) is 40.1 Å². The Bertz CT molecular complexity index is 1360. The summed E-state index contributed by atoms with van der Waals surface area (Å²) >= 11 is 6.59. The Kier molecular flexibility index (Phi) is 4.23. The van der Waals surface area contributed by atoms with E-state index in [-0.39, 0.29) is 11.5 Å². The first-order valence-electron chi connectivity index (χ1n) is 10.8. The number of hydrogen-bond acceptors (Lipinski definition) is 6. The van der Waals surface area contributed by atoms with Crippen LogP contribution >= 0.6 is 11.6 Å². The van der Waals surface area contributed by atoms with Gasteiger partial charge in [-0.15, -0.1) is 0 Å². The number of halogens is 1. The summed E-state index contributed by atoms with van der Waals surface area (Å²) in [6, 6.07) is 5.58. The molecule has 6 rings (SSSR count). The zero-order chi connectivity index (χ0) is 21.2. The number of aromatic nitrogens is 5. The van der Waals surface area contributed by atoms with Gasteiger partial charge in [0.1, 0.15) is 23.3 Å². The largest absolute Gasteiger partial charge is 0.355 e. The molecule has 1 aliphatic heterocycles. The van der Waals surface area contributed by atoms with Crippen molar-refractivity contribution in [1.29, 1.82) is 0 Å². The Morgan fingerprint density at radius 1 is 1.19 bits per heavy atom. The van der Waals surface area contributed by atoms with E-state index in [1.165, 1.54) is 12.8 Å². The van der Waals surface area contributed by atoms with E-state index >= 15 is 0 Å². The molecule has 0 spiro atoms. The minimum Gasteiger partial charge on any atom is -0.355 e. The molecule has 1 aliphatic carbocycles. The quantitative estimate of drug-likeness (QED) is 0.467. The van der Waals surface area contributed by atoms with E-state index in [9.17, 15) is 4.79 Å². The van der Waals surface area contributed by atoms with Gasteiger partial charge in [0.15, 0.2) is 0 Å².